The molecule has 2 aromatic carbocycles. The molecule has 1 amide bonds. The first-order valence-electron chi connectivity index (χ1n) is 11.4. The lowest BCUT2D eigenvalue weighted by Gasteiger charge is -2.29. The van der Waals surface area contributed by atoms with E-state index < -0.39 is 5.43 Å². The molecule has 0 radical (unpaired) electrons. The maximum atomic E-state index is 12.8. The van der Waals surface area contributed by atoms with Crippen molar-refractivity contribution in [2.24, 2.45) is 11.8 Å². The lowest BCUT2D eigenvalue weighted by Crippen LogP contribution is -2.42. The first kappa shape index (κ1) is 22.2. The Morgan fingerprint density at radius 2 is 1.59 bits per heavy atom. The molecule has 2 fully saturated rings. The summed E-state index contributed by atoms with van der Waals surface area (Å²) in [6.45, 7) is 2.35. The van der Waals surface area contributed by atoms with E-state index in [4.69, 9.17) is 9.47 Å². The minimum absolute atomic E-state index is 0.00510. The van der Waals surface area contributed by atoms with Gasteiger partial charge in [0.05, 0.1) is 14.2 Å². The van der Waals surface area contributed by atoms with Gasteiger partial charge in [-0.15, -0.1) is 0 Å². The van der Waals surface area contributed by atoms with Crippen LogP contribution in [0.4, 0.5) is 17.1 Å². The fourth-order valence-electron chi connectivity index (χ4n) is 4.79. The lowest BCUT2D eigenvalue weighted by atomic mass is 9.81. The fourth-order valence-corrected chi connectivity index (χ4v) is 4.79. The quantitative estimate of drug-likeness (QED) is 0.608. The number of amides is 1. The predicted octanol–water partition coefficient (Wildman–Crippen LogP) is 2.76. The highest BCUT2D eigenvalue weighted by Gasteiger charge is 2.30. The van der Waals surface area contributed by atoms with Crippen LogP contribution in [0, 0.1) is 11.8 Å². The van der Waals surface area contributed by atoms with E-state index in [0.29, 0.717) is 41.0 Å². The SMILES string of the molecule is COc1cc(NC(=O)C2CCC(CNc3c(N4CCCC4)c(=O)c3=O)CC2)cc(OC)c1. The van der Waals surface area contributed by atoms with Crippen molar-refractivity contribution in [1.82, 2.24) is 0 Å². The largest absolute Gasteiger partial charge is 0.497 e. The molecule has 1 saturated heterocycles. The number of hydrogen-bond donors (Lipinski definition) is 2. The first-order chi connectivity index (χ1) is 15.5. The molecule has 0 unspecified atom stereocenters. The molecule has 2 N–H and O–H groups in total. The minimum Gasteiger partial charge on any atom is -0.497 e. The summed E-state index contributed by atoms with van der Waals surface area (Å²) in [4.78, 5) is 38.8. The van der Waals surface area contributed by atoms with E-state index in [2.05, 4.69) is 10.6 Å². The summed E-state index contributed by atoms with van der Waals surface area (Å²) in [7, 11) is 3.15. The van der Waals surface area contributed by atoms with Crippen LogP contribution < -0.4 is 35.9 Å². The molecule has 4 rings (SSSR count). The average Bonchev–Trinajstić information content (AvgIpc) is 3.34. The molecule has 8 heteroatoms. The van der Waals surface area contributed by atoms with Crippen molar-refractivity contribution >= 4 is 23.0 Å². The molecule has 0 bridgehead atoms. The van der Waals surface area contributed by atoms with Crippen molar-refractivity contribution in [1.29, 1.82) is 0 Å². The van der Waals surface area contributed by atoms with E-state index in [9.17, 15) is 14.4 Å². The summed E-state index contributed by atoms with van der Waals surface area (Å²) in [5.74, 6) is 1.59. The number of rotatable bonds is 8. The van der Waals surface area contributed by atoms with Crippen LogP contribution in [0.3, 0.4) is 0 Å². The zero-order chi connectivity index (χ0) is 22.7. The van der Waals surface area contributed by atoms with E-state index in [1.54, 1.807) is 32.4 Å². The maximum absolute atomic E-state index is 12.8. The second kappa shape index (κ2) is 9.63. The van der Waals surface area contributed by atoms with Crippen LogP contribution in [0.15, 0.2) is 27.8 Å². The van der Waals surface area contributed by atoms with Crippen LogP contribution in [-0.2, 0) is 4.79 Å². The zero-order valence-electron chi connectivity index (χ0n) is 18.7. The van der Waals surface area contributed by atoms with Gasteiger partial charge in [-0.1, -0.05) is 0 Å². The van der Waals surface area contributed by atoms with E-state index in [-0.39, 0.29) is 17.3 Å². The van der Waals surface area contributed by atoms with Gasteiger partial charge in [0.1, 0.15) is 22.9 Å². The van der Waals surface area contributed by atoms with Crippen molar-refractivity contribution in [2.75, 3.05) is 49.4 Å². The summed E-state index contributed by atoms with van der Waals surface area (Å²) < 4.78 is 10.5. The second-order valence-corrected chi connectivity index (χ2v) is 8.77. The summed E-state index contributed by atoms with van der Waals surface area (Å²) >= 11 is 0. The van der Waals surface area contributed by atoms with Crippen LogP contribution in [0.2, 0.25) is 0 Å². The van der Waals surface area contributed by atoms with Gasteiger partial charge in [0.25, 0.3) is 10.9 Å². The Morgan fingerprint density at radius 1 is 0.969 bits per heavy atom. The molecular formula is C24H31N3O5. The van der Waals surface area contributed by atoms with Gasteiger partial charge in [0, 0.05) is 49.4 Å². The maximum Gasteiger partial charge on any atom is 0.253 e. The average molecular weight is 442 g/mol. The molecule has 172 valence electrons. The van der Waals surface area contributed by atoms with E-state index in [0.717, 1.165) is 51.6 Å². The van der Waals surface area contributed by atoms with Gasteiger partial charge in [-0.25, -0.2) is 0 Å². The Kier molecular flexibility index (Phi) is 6.67. The molecule has 2 aliphatic rings. The van der Waals surface area contributed by atoms with Crippen LogP contribution >= 0.6 is 0 Å². The first-order valence-corrected chi connectivity index (χ1v) is 11.4. The number of methoxy groups -OCH3 is 2. The number of nitrogens with zero attached hydrogens (tertiary/aromatic N) is 1. The van der Waals surface area contributed by atoms with E-state index in [1.165, 1.54) is 0 Å². The molecule has 8 nitrogen and oxygen atoms in total. The highest BCUT2D eigenvalue weighted by Crippen LogP contribution is 2.32. The second-order valence-electron chi connectivity index (χ2n) is 8.77. The number of carbonyl (C=O) groups is 1. The van der Waals surface area contributed by atoms with Gasteiger partial charge in [0.2, 0.25) is 5.91 Å². The highest BCUT2D eigenvalue weighted by atomic mass is 16.5. The standard InChI is InChI=1S/C24H31N3O5/c1-31-18-11-17(12-19(13-18)32-2)26-24(30)16-7-5-15(6-8-16)14-25-20-21(23(29)22(20)28)27-9-3-4-10-27/h11-13,15-16,25H,3-10,14H2,1-2H3,(H,26,30). The lowest BCUT2D eigenvalue weighted by molar-refractivity contribution is -0.121. The van der Waals surface area contributed by atoms with E-state index in [1.807, 2.05) is 4.90 Å². The third kappa shape index (κ3) is 4.59. The molecule has 1 saturated carbocycles. The minimum atomic E-state index is -0.395. The Balaban J connectivity index is 1.28. The van der Waals surface area contributed by atoms with Crippen molar-refractivity contribution < 1.29 is 14.3 Å². The number of benzene rings is 1. The Morgan fingerprint density at radius 3 is 2.19 bits per heavy atom. The van der Waals surface area contributed by atoms with Gasteiger partial charge in [-0.2, -0.15) is 0 Å². The van der Waals surface area contributed by atoms with Crippen molar-refractivity contribution in [3.63, 3.8) is 0 Å². The summed E-state index contributed by atoms with van der Waals surface area (Å²) in [6.07, 6.45) is 5.52. The number of ether oxygens (including phenoxy) is 2. The van der Waals surface area contributed by atoms with Gasteiger partial charge < -0.3 is 25.0 Å². The molecular weight excluding hydrogens is 410 g/mol. The molecule has 2 aromatic rings. The Labute approximate surface area is 187 Å². The number of hydrogen-bond acceptors (Lipinski definition) is 7. The smallest absolute Gasteiger partial charge is 0.253 e. The third-order valence-corrected chi connectivity index (χ3v) is 6.71. The fraction of sp³-hybridized carbons (Fsp3) is 0.542. The van der Waals surface area contributed by atoms with Gasteiger partial charge in [-0.05, 0) is 44.4 Å². The molecule has 0 atom stereocenters. The normalized spacial score (nSPS) is 20.9. The molecule has 32 heavy (non-hydrogen) atoms. The Hall–Kier alpha value is -3.03. The molecule has 0 aromatic heterocycles. The molecule has 0 spiro atoms. The molecule has 1 heterocycles. The monoisotopic (exact) mass is 441 g/mol. The topological polar surface area (TPSA) is 97.0 Å². The van der Waals surface area contributed by atoms with Crippen molar-refractivity contribution in [3.05, 3.63) is 38.6 Å². The van der Waals surface area contributed by atoms with Crippen LogP contribution in [-0.4, -0.2) is 39.8 Å². The van der Waals surface area contributed by atoms with Gasteiger partial charge >= 0.3 is 0 Å². The van der Waals surface area contributed by atoms with Crippen LogP contribution in [0.5, 0.6) is 11.5 Å². The summed E-state index contributed by atoms with van der Waals surface area (Å²) in [5.41, 5.74) is 0.972. The van der Waals surface area contributed by atoms with Crippen LogP contribution in [0.25, 0.3) is 0 Å². The number of carbonyl (C=O) groups excluding carboxylic acids is 1. The van der Waals surface area contributed by atoms with Crippen LogP contribution in [0.1, 0.15) is 38.5 Å². The van der Waals surface area contributed by atoms with Gasteiger partial charge in [0.15, 0.2) is 0 Å². The zero-order valence-corrected chi connectivity index (χ0v) is 18.7. The summed E-state index contributed by atoms with van der Waals surface area (Å²) in [5, 5.41) is 6.23. The van der Waals surface area contributed by atoms with Gasteiger partial charge in [-0.3, -0.25) is 14.4 Å². The Bertz CT molecular complexity index is 1010. The molecule has 1 aliphatic heterocycles. The van der Waals surface area contributed by atoms with Crippen molar-refractivity contribution in [2.45, 2.75) is 38.5 Å². The number of nitrogens with one attached hydrogen (secondary N) is 2. The molecule has 1 aliphatic carbocycles. The van der Waals surface area contributed by atoms with E-state index >= 15 is 0 Å². The number of anilines is 3. The highest BCUT2D eigenvalue weighted by molar-refractivity contribution is 5.93. The predicted molar refractivity (Wildman–Crippen MR) is 125 cm³/mol. The van der Waals surface area contributed by atoms with Crippen molar-refractivity contribution in [3.8, 4) is 11.5 Å². The summed E-state index contributed by atoms with van der Waals surface area (Å²) in [6, 6.07) is 5.32. The third-order valence-electron chi connectivity index (χ3n) is 6.71.